The number of thiophene rings is 1. The number of hydrogen-bond donors (Lipinski definition) is 1. The molecular weight excluding hydrogens is 445 g/mol. The third kappa shape index (κ3) is 4.97. The Morgan fingerprint density at radius 2 is 1.84 bits per heavy atom. The van der Waals surface area contributed by atoms with Gasteiger partial charge in [-0.25, -0.2) is 0 Å². The monoisotopic (exact) mass is 460 g/mol. The molecule has 10 heteroatoms. The maximum Gasteiger partial charge on any atom is 0.416 e. The number of thioether (sulfide) groups is 1. The van der Waals surface area contributed by atoms with Crippen molar-refractivity contribution in [3.8, 4) is 16.4 Å². The number of amides is 1. The summed E-state index contributed by atoms with van der Waals surface area (Å²) in [4.78, 5) is 13.3. The van der Waals surface area contributed by atoms with Crippen LogP contribution < -0.4 is 5.32 Å². The van der Waals surface area contributed by atoms with Crippen LogP contribution in [0.2, 0.25) is 0 Å². The number of carbonyl (C=O) groups is 1. The zero-order valence-electron chi connectivity index (χ0n) is 15.8. The highest BCUT2D eigenvalue weighted by molar-refractivity contribution is 7.99. The fourth-order valence-corrected chi connectivity index (χ4v) is 4.29. The lowest BCUT2D eigenvalue weighted by Gasteiger charge is -2.11. The van der Waals surface area contributed by atoms with Gasteiger partial charge >= 0.3 is 6.18 Å². The van der Waals surface area contributed by atoms with E-state index in [1.165, 1.54) is 23.5 Å². The van der Waals surface area contributed by atoms with E-state index in [2.05, 4.69) is 15.5 Å². The van der Waals surface area contributed by atoms with Gasteiger partial charge in [0.2, 0.25) is 5.91 Å². The molecule has 31 heavy (non-hydrogen) atoms. The third-order valence-electron chi connectivity index (χ3n) is 4.20. The number of nitrogens with one attached hydrogen (secondary N) is 1. The standard InChI is InChI=1S/C21H15F3N4OS2/c22-21(23,24)14-6-4-7-15(12-14)25-18(29)13-31-20-27-26-19(17-10-5-11-30-17)28(20)16-8-2-1-3-9-16/h1-12H,13H2,(H,25,29). The van der Waals surface area contributed by atoms with Gasteiger partial charge in [0.1, 0.15) is 0 Å². The summed E-state index contributed by atoms with van der Waals surface area (Å²) in [5.74, 6) is 0.178. The zero-order chi connectivity index (χ0) is 21.8. The van der Waals surface area contributed by atoms with Gasteiger partial charge in [0.25, 0.3) is 0 Å². The van der Waals surface area contributed by atoms with Crippen molar-refractivity contribution in [2.75, 3.05) is 11.1 Å². The highest BCUT2D eigenvalue weighted by Gasteiger charge is 2.30. The van der Waals surface area contributed by atoms with Gasteiger partial charge in [-0.1, -0.05) is 42.1 Å². The van der Waals surface area contributed by atoms with E-state index in [-0.39, 0.29) is 11.4 Å². The summed E-state index contributed by atoms with van der Waals surface area (Å²) >= 11 is 2.68. The fourth-order valence-electron chi connectivity index (χ4n) is 2.84. The second-order valence-electron chi connectivity index (χ2n) is 6.37. The molecule has 0 saturated carbocycles. The molecule has 0 aliphatic rings. The van der Waals surface area contributed by atoms with Crippen LogP contribution in [0.4, 0.5) is 18.9 Å². The number of hydrogen-bond acceptors (Lipinski definition) is 5. The number of halogens is 3. The Bertz CT molecular complexity index is 1180. The number of benzene rings is 2. The molecule has 0 spiro atoms. The molecule has 1 N–H and O–H groups in total. The minimum atomic E-state index is -4.47. The average molecular weight is 461 g/mol. The minimum Gasteiger partial charge on any atom is -0.325 e. The van der Waals surface area contributed by atoms with Crippen molar-refractivity contribution in [3.63, 3.8) is 0 Å². The van der Waals surface area contributed by atoms with E-state index in [1.54, 1.807) is 0 Å². The Morgan fingerprint density at radius 3 is 2.55 bits per heavy atom. The van der Waals surface area contributed by atoms with Gasteiger partial charge in [0.15, 0.2) is 11.0 Å². The first-order valence-corrected chi connectivity index (χ1v) is 10.9. The molecule has 0 fully saturated rings. The summed E-state index contributed by atoms with van der Waals surface area (Å²) in [6.45, 7) is 0. The SMILES string of the molecule is O=C(CSc1nnc(-c2cccs2)n1-c1ccccc1)Nc1cccc(C(F)(F)F)c1. The summed E-state index contributed by atoms with van der Waals surface area (Å²) in [6, 6.07) is 17.9. The van der Waals surface area contributed by atoms with Crippen LogP contribution in [0.3, 0.4) is 0 Å². The summed E-state index contributed by atoms with van der Waals surface area (Å²) < 4.78 is 40.5. The van der Waals surface area contributed by atoms with E-state index >= 15 is 0 Å². The molecule has 5 nitrogen and oxygen atoms in total. The number of aromatic nitrogens is 3. The van der Waals surface area contributed by atoms with Crippen LogP contribution in [-0.2, 0) is 11.0 Å². The van der Waals surface area contributed by atoms with Crippen LogP contribution in [0.1, 0.15) is 5.56 Å². The second kappa shape index (κ2) is 8.94. The van der Waals surface area contributed by atoms with E-state index in [4.69, 9.17) is 0 Å². The normalized spacial score (nSPS) is 11.5. The van der Waals surface area contributed by atoms with Crippen LogP contribution in [0.5, 0.6) is 0 Å². The van der Waals surface area contributed by atoms with Crippen LogP contribution in [0.25, 0.3) is 16.4 Å². The van der Waals surface area contributed by atoms with Gasteiger partial charge in [-0.3, -0.25) is 9.36 Å². The zero-order valence-corrected chi connectivity index (χ0v) is 17.5. The van der Waals surface area contributed by atoms with Gasteiger partial charge in [-0.2, -0.15) is 13.2 Å². The summed E-state index contributed by atoms with van der Waals surface area (Å²) in [7, 11) is 0. The molecule has 158 valence electrons. The van der Waals surface area contributed by atoms with Gasteiger partial charge in [-0.05, 0) is 41.8 Å². The minimum absolute atomic E-state index is 0.0361. The highest BCUT2D eigenvalue weighted by atomic mass is 32.2. The lowest BCUT2D eigenvalue weighted by molar-refractivity contribution is -0.137. The predicted molar refractivity (Wildman–Crippen MR) is 115 cm³/mol. The lowest BCUT2D eigenvalue weighted by atomic mass is 10.2. The smallest absolute Gasteiger partial charge is 0.325 e. The molecule has 2 heterocycles. The van der Waals surface area contributed by atoms with Crippen LogP contribution in [-0.4, -0.2) is 26.4 Å². The van der Waals surface area contributed by atoms with Gasteiger partial charge < -0.3 is 5.32 Å². The van der Waals surface area contributed by atoms with E-state index in [0.717, 1.165) is 34.5 Å². The molecule has 2 aromatic carbocycles. The van der Waals surface area contributed by atoms with Crippen molar-refractivity contribution < 1.29 is 18.0 Å². The summed E-state index contributed by atoms with van der Waals surface area (Å²) in [6.07, 6.45) is -4.47. The summed E-state index contributed by atoms with van der Waals surface area (Å²) in [5, 5.41) is 13.5. The van der Waals surface area contributed by atoms with Crippen LogP contribution >= 0.6 is 23.1 Å². The van der Waals surface area contributed by atoms with E-state index in [0.29, 0.717) is 11.0 Å². The summed E-state index contributed by atoms with van der Waals surface area (Å²) in [5.41, 5.74) is 0.114. The highest BCUT2D eigenvalue weighted by Crippen LogP contribution is 2.32. The van der Waals surface area contributed by atoms with Crippen LogP contribution in [0.15, 0.2) is 77.3 Å². The molecule has 0 saturated heterocycles. The van der Waals surface area contributed by atoms with Crippen molar-refractivity contribution in [1.82, 2.24) is 14.8 Å². The van der Waals surface area contributed by atoms with Crippen molar-refractivity contribution >= 4 is 34.7 Å². The second-order valence-corrected chi connectivity index (χ2v) is 8.26. The lowest BCUT2D eigenvalue weighted by Crippen LogP contribution is -2.15. The molecule has 1 amide bonds. The molecule has 0 unspecified atom stereocenters. The van der Waals surface area contributed by atoms with Gasteiger partial charge in [-0.15, -0.1) is 21.5 Å². The molecule has 4 aromatic rings. The Labute approximate surface area is 183 Å². The fraction of sp³-hybridized carbons (Fsp3) is 0.0952. The van der Waals surface area contributed by atoms with Crippen molar-refractivity contribution in [2.24, 2.45) is 0 Å². The van der Waals surface area contributed by atoms with E-state index in [1.807, 2.05) is 52.4 Å². The molecule has 2 aromatic heterocycles. The molecule has 0 aliphatic heterocycles. The largest absolute Gasteiger partial charge is 0.416 e. The first kappa shape index (κ1) is 21.1. The van der Waals surface area contributed by atoms with Gasteiger partial charge in [0, 0.05) is 11.4 Å². The third-order valence-corrected chi connectivity index (χ3v) is 5.99. The number of anilines is 1. The number of rotatable bonds is 6. The molecule has 0 bridgehead atoms. The first-order chi connectivity index (χ1) is 14.9. The Kier molecular flexibility index (Phi) is 6.10. The number of nitrogens with zero attached hydrogens (tertiary/aromatic N) is 3. The van der Waals surface area contributed by atoms with E-state index in [9.17, 15) is 18.0 Å². The van der Waals surface area contributed by atoms with Gasteiger partial charge in [0.05, 0.1) is 16.2 Å². The average Bonchev–Trinajstić information content (AvgIpc) is 3.42. The maximum atomic E-state index is 12.9. The number of alkyl halides is 3. The molecule has 4 rings (SSSR count). The Balaban J connectivity index is 1.52. The molecule has 0 atom stereocenters. The molecular formula is C21H15F3N4OS2. The number of carbonyl (C=O) groups excluding carboxylic acids is 1. The topological polar surface area (TPSA) is 59.8 Å². The van der Waals surface area contributed by atoms with Crippen molar-refractivity contribution in [1.29, 1.82) is 0 Å². The maximum absolute atomic E-state index is 12.9. The van der Waals surface area contributed by atoms with E-state index < -0.39 is 17.6 Å². The Hall–Kier alpha value is -3.11. The predicted octanol–water partition coefficient (Wildman–Crippen LogP) is 5.75. The first-order valence-electron chi connectivity index (χ1n) is 9.06. The number of para-hydroxylation sites is 1. The quantitative estimate of drug-likeness (QED) is 0.373. The van der Waals surface area contributed by atoms with Crippen molar-refractivity contribution in [3.05, 3.63) is 77.7 Å². The Morgan fingerprint density at radius 1 is 1.03 bits per heavy atom. The van der Waals surface area contributed by atoms with Crippen LogP contribution in [0, 0.1) is 0 Å². The molecule has 0 aliphatic carbocycles. The molecule has 0 radical (unpaired) electrons. The van der Waals surface area contributed by atoms with Crippen molar-refractivity contribution in [2.45, 2.75) is 11.3 Å².